The lowest BCUT2D eigenvalue weighted by molar-refractivity contribution is 0.102. The average Bonchev–Trinajstić information content (AvgIpc) is 2.99. The molecule has 124 valence electrons. The van der Waals surface area contributed by atoms with E-state index in [1.807, 2.05) is 24.3 Å². The smallest absolute Gasteiger partial charge is 0.272 e. The fourth-order valence-corrected chi connectivity index (χ4v) is 3.29. The third-order valence-electron chi connectivity index (χ3n) is 3.65. The molecule has 0 aliphatic rings. The number of carbonyl (C=O) groups excluding carboxylic acids is 1. The Morgan fingerprint density at radius 3 is 2.50 bits per heavy atom. The highest BCUT2D eigenvalue weighted by atomic mass is 32.2. The summed E-state index contributed by atoms with van der Waals surface area (Å²) in [5.74, 6) is -0.328. The lowest BCUT2D eigenvalue weighted by Crippen LogP contribution is -2.22. The van der Waals surface area contributed by atoms with Gasteiger partial charge in [0, 0.05) is 30.7 Å². The molecule has 0 aliphatic carbocycles. The summed E-state index contributed by atoms with van der Waals surface area (Å²) >= 11 is 0. The topological polar surface area (TPSA) is 82.3 Å². The molecule has 3 rings (SSSR count). The van der Waals surface area contributed by atoms with Crippen LogP contribution < -0.4 is 5.32 Å². The van der Waals surface area contributed by atoms with Gasteiger partial charge >= 0.3 is 0 Å². The number of para-hydroxylation sites is 1. The summed E-state index contributed by atoms with van der Waals surface area (Å²) in [6.07, 6.45) is 0. The number of hydrogen-bond acceptors (Lipinski definition) is 3. The first-order chi connectivity index (χ1) is 11.4. The molecule has 0 spiro atoms. The third-order valence-corrected chi connectivity index (χ3v) is 5.46. The standard InChI is InChI=1S/C17H17N3O3S/c1-20(2)24(22,23)14-8-5-7-13(11-14)18-17(21)16-10-12-6-3-4-9-15(12)19-16/h3-11,19H,1-2H3,(H,18,21). The number of carbonyl (C=O) groups is 1. The van der Waals surface area contributed by atoms with Crippen LogP contribution in [-0.2, 0) is 10.0 Å². The number of rotatable bonds is 4. The molecule has 0 aliphatic heterocycles. The van der Waals surface area contributed by atoms with E-state index in [0.29, 0.717) is 11.4 Å². The summed E-state index contributed by atoms with van der Waals surface area (Å²) in [5, 5.41) is 3.65. The summed E-state index contributed by atoms with van der Waals surface area (Å²) in [6, 6.07) is 15.5. The van der Waals surface area contributed by atoms with Crippen LogP contribution in [0.2, 0.25) is 0 Å². The second-order valence-corrected chi connectivity index (χ2v) is 7.69. The Hall–Kier alpha value is -2.64. The van der Waals surface area contributed by atoms with Gasteiger partial charge < -0.3 is 10.3 Å². The van der Waals surface area contributed by atoms with Gasteiger partial charge in [0.15, 0.2) is 0 Å². The van der Waals surface area contributed by atoms with Crippen molar-refractivity contribution in [1.82, 2.24) is 9.29 Å². The molecule has 0 saturated heterocycles. The van der Waals surface area contributed by atoms with Crippen LogP contribution in [0.5, 0.6) is 0 Å². The Labute approximate surface area is 140 Å². The third kappa shape index (κ3) is 3.04. The molecule has 0 radical (unpaired) electrons. The van der Waals surface area contributed by atoms with E-state index in [1.165, 1.54) is 26.2 Å². The van der Waals surface area contributed by atoms with Gasteiger partial charge in [-0.2, -0.15) is 0 Å². The number of aromatic nitrogens is 1. The van der Waals surface area contributed by atoms with Crippen molar-refractivity contribution in [2.45, 2.75) is 4.90 Å². The summed E-state index contributed by atoms with van der Waals surface area (Å²) < 4.78 is 25.5. The van der Waals surface area contributed by atoms with E-state index in [9.17, 15) is 13.2 Å². The van der Waals surface area contributed by atoms with Gasteiger partial charge in [-0.25, -0.2) is 12.7 Å². The highest BCUT2D eigenvalue weighted by molar-refractivity contribution is 7.89. The first kappa shape index (κ1) is 16.2. The number of hydrogen-bond donors (Lipinski definition) is 2. The van der Waals surface area contributed by atoms with E-state index >= 15 is 0 Å². The minimum atomic E-state index is -3.55. The zero-order chi connectivity index (χ0) is 17.3. The van der Waals surface area contributed by atoms with Gasteiger partial charge in [-0.15, -0.1) is 0 Å². The number of fused-ring (bicyclic) bond motifs is 1. The number of sulfonamides is 1. The number of anilines is 1. The van der Waals surface area contributed by atoms with Crippen LogP contribution in [0.1, 0.15) is 10.5 Å². The van der Waals surface area contributed by atoms with Crippen LogP contribution in [0.4, 0.5) is 5.69 Å². The number of amides is 1. The fourth-order valence-electron chi connectivity index (χ4n) is 2.34. The number of nitrogens with one attached hydrogen (secondary N) is 2. The summed E-state index contributed by atoms with van der Waals surface area (Å²) in [4.78, 5) is 15.5. The normalized spacial score (nSPS) is 11.8. The number of nitrogens with zero attached hydrogens (tertiary/aromatic N) is 1. The molecule has 0 bridgehead atoms. The van der Waals surface area contributed by atoms with Crippen molar-refractivity contribution in [3.8, 4) is 0 Å². The van der Waals surface area contributed by atoms with E-state index in [0.717, 1.165) is 15.2 Å². The molecule has 0 unspecified atom stereocenters. The van der Waals surface area contributed by atoms with E-state index in [4.69, 9.17) is 0 Å². The highest BCUT2D eigenvalue weighted by Gasteiger charge is 2.18. The second kappa shape index (κ2) is 6.10. The van der Waals surface area contributed by atoms with Gasteiger partial charge in [-0.05, 0) is 30.3 Å². The maximum absolute atomic E-state index is 12.4. The molecule has 0 atom stereocenters. The van der Waals surface area contributed by atoms with E-state index in [-0.39, 0.29) is 10.8 Å². The first-order valence-electron chi connectivity index (χ1n) is 7.29. The second-order valence-electron chi connectivity index (χ2n) is 5.54. The van der Waals surface area contributed by atoms with Gasteiger partial charge in [0.05, 0.1) is 4.90 Å². The zero-order valence-corrected chi connectivity index (χ0v) is 14.1. The molecule has 2 N–H and O–H groups in total. The van der Waals surface area contributed by atoms with Crippen molar-refractivity contribution in [2.75, 3.05) is 19.4 Å². The molecule has 3 aromatic rings. The molecule has 0 saturated carbocycles. The molecule has 1 aromatic heterocycles. The zero-order valence-electron chi connectivity index (χ0n) is 13.3. The molecule has 1 heterocycles. The number of benzene rings is 2. The summed E-state index contributed by atoms with van der Waals surface area (Å²) in [6.45, 7) is 0. The van der Waals surface area contributed by atoms with Gasteiger partial charge in [-0.3, -0.25) is 4.79 Å². The molecule has 2 aromatic carbocycles. The lowest BCUT2D eigenvalue weighted by Gasteiger charge is -2.12. The maximum Gasteiger partial charge on any atom is 0.272 e. The van der Waals surface area contributed by atoms with Crippen LogP contribution >= 0.6 is 0 Å². The predicted octanol–water partition coefficient (Wildman–Crippen LogP) is 2.67. The largest absolute Gasteiger partial charge is 0.351 e. The van der Waals surface area contributed by atoms with Gasteiger partial charge in [0.25, 0.3) is 5.91 Å². The Kier molecular flexibility index (Phi) is 4.13. The Morgan fingerprint density at radius 2 is 1.79 bits per heavy atom. The molecule has 24 heavy (non-hydrogen) atoms. The Bertz CT molecular complexity index is 974. The Morgan fingerprint density at radius 1 is 1.04 bits per heavy atom. The molecule has 1 amide bonds. The van der Waals surface area contributed by atoms with Crippen molar-refractivity contribution in [1.29, 1.82) is 0 Å². The minimum Gasteiger partial charge on any atom is -0.351 e. The van der Waals surface area contributed by atoms with Crippen LogP contribution in [0.15, 0.2) is 59.5 Å². The van der Waals surface area contributed by atoms with E-state index in [2.05, 4.69) is 10.3 Å². The van der Waals surface area contributed by atoms with Crippen molar-refractivity contribution < 1.29 is 13.2 Å². The number of H-pyrrole nitrogens is 1. The van der Waals surface area contributed by atoms with Crippen LogP contribution in [-0.4, -0.2) is 37.7 Å². The van der Waals surface area contributed by atoms with Gasteiger partial charge in [0.2, 0.25) is 10.0 Å². The molecular formula is C17H17N3O3S. The van der Waals surface area contributed by atoms with Crippen molar-refractivity contribution >= 4 is 32.5 Å². The molecule has 0 fully saturated rings. The first-order valence-corrected chi connectivity index (χ1v) is 8.73. The predicted molar refractivity (Wildman–Crippen MR) is 93.6 cm³/mol. The minimum absolute atomic E-state index is 0.127. The number of aromatic amines is 1. The van der Waals surface area contributed by atoms with Crippen molar-refractivity contribution in [3.63, 3.8) is 0 Å². The quantitative estimate of drug-likeness (QED) is 0.764. The molecule has 7 heteroatoms. The summed E-state index contributed by atoms with van der Waals surface area (Å²) in [7, 11) is -0.619. The Balaban J connectivity index is 1.87. The highest BCUT2D eigenvalue weighted by Crippen LogP contribution is 2.20. The van der Waals surface area contributed by atoms with Crippen molar-refractivity contribution in [2.24, 2.45) is 0 Å². The lowest BCUT2D eigenvalue weighted by atomic mass is 10.2. The fraction of sp³-hybridized carbons (Fsp3) is 0.118. The van der Waals surface area contributed by atoms with E-state index < -0.39 is 10.0 Å². The average molecular weight is 343 g/mol. The maximum atomic E-state index is 12.4. The SMILES string of the molecule is CN(C)S(=O)(=O)c1cccc(NC(=O)c2cc3ccccc3[nH]2)c1. The van der Waals surface area contributed by atoms with E-state index in [1.54, 1.807) is 18.2 Å². The summed E-state index contributed by atoms with van der Waals surface area (Å²) in [5.41, 5.74) is 1.70. The van der Waals surface area contributed by atoms with Crippen molar-refractivity contribution in [3.05, 3.63) is 60.3 Å². The van der Waals surface area contributed by atoms with Gasteiger partial charge in [-0.1, -0.05) is 24.3 Å². The van der Waals surface area contributed by atoms with Gasteiger partial charge in [0.1, 0.15) is 5.69 Å². The monoisotopic (exact) mass is 343 g/mol. The molecule has 6 nitrogen and oxygen atoms in total. The van der Waals surface area contributed by atoms with Crippen LogP contribution in [0.25, 0.3) is 10.9 Å². The van der Waals surface area contributed by atoms with Crippen LogP contribution in [0.3, 0.4) is 0 Å². The molecular weight excluding hydrogens is 326 g/mol. The van der Waals surface area contributed by atoms with Crippen LogP contribution in [0, 0.1) is 0 Å².